The predicted molar refractivity (Wildman–Crippen MR) is 248 cm³/mol. The van der Waals surface area contributed by atoms with Gasteiger partial charge in [0.05, 0.1) is 7.11 Å². The summed E-state index contributed by atoms with van der Waals surface area (Å²) < 4.78 is 22.3. The zero-order chi connectivity index (χ0) is 44.2. The summed E-state index contributed by atoms with van der Waals surface area (Å²) in [4.78, 5) is 27.0. The van der Waals surface area contributed by atoms with Crippen molar-refractivity contribution in [1.82, 2.24) is 0 Å². The van der Waals surface area contributed by atoms with Gasteiger partial charge in [0.15, 0.2) is 0 Å². The lowest BCUT2D eigenvalue weighted by atomic mass is 9.71. The molecule has 0 N–H and O–H groups in total. The van der Waals surface area contributed by atoms with Gasteiger partial charge in [-0.15, -0.1) is 0 Å². The molecule has 0 radical (unpaired) electrons. The van der Waals surface area contributed by atoms with Crippen LogP contribution in [0, 0.1) is 27.7 Å². The lowest BCUT2D eigenvalue weighted by molar-refractivity contribution is -0.131. The van der Waals surface area contributed by atoms with Crippen molar-refractivity contribution in [1.29, 1.82) is 0 Å². The summed E-state index contributed by atoms with van der Waals surface area (Å²) in [5, 5.41) is 0. The Morgan fingerprint density at radius 3 is 1.23 bits per heavy atom. The number of hydrogen-bond acceptors (Lipinski definition) is 7. The molecule has 7 heteroatoms. The minimum Gasteiger partial charge on any atom is -0.497 e. The standard InChI is InChI=1S/C55H53NO6/c1-36-10-22-46(23-11-36)56(47-24-12-37(2)13-25-47)48-26-14-41(15-27-48)55(8,42-16-28-49(59-9)29-17-42)43-18-30-50(31-19-43)61-53(58)62-52-33-21-45(35-39(52)4)54(6,7)44-20-32-51(38(3)34-44)60-40(5)57/h10-35H,1-9H3. The quantitative estimate of drug-likeness (QED) is 0.0526. The highest BCUT2D eigenvalue weighted by Crippen LogP contribution is 2.43. The average molecular weight is 824 g/mol. The van der Waals surface area contributed by atoms with Crippen LogP contribution in [-0.2, 0) is 15.6 Å². The van der Waals surface area contributed by atoms with Crippen molar-refractivity contribution >= 4 is 29.2 Å². The third-order valence-electron chi connectivity index (χ3n) is 11.8. The lowest BCUT2D eigenvalue weighted by Crippen LogP contribution is -2.25. The van der Waals surface area contributed by atoms with E-state index in [1.165, 1.54) is 18.1 Å². The molecule has 314 valence electrons. The molecular formula is C55H53NO6. The molecule has 0 aliphatic rings. The molecule has 0 aliphatic heterocycles. The lowest BCUT2D eigenvalue weighted by Gasteiger charge is -2.33. The molecular weight excluding hydrogens is 771 g/mol. The Labute approximate surface area is 365 Å². The highest BCUT2D eigenvalue weighted by molar-refractivity contribution is 5.77. The van der Waals surface area contributed by atoms with Crippen molar-refractivity contribution in [3.8, 4) is 23.0 Å². The third-order valence-corrected chi connectivity index (χ3v) is 11.8. The van der Waals surface area contributed by atoms with Crippen LogP contribution >= 0.6 is 0 Å². The van der Waals surface area contributed by atoms with Gasteiger partial charge < -0.3 is 23.8 Å². The molecule has 1 atom stereocenters. The second-order valence-electron chi connectivity index (χ2n) is 16.6. The number of carbonyl (C=O) groups is 2. The molecule has 0 aliphatic carbocycles. The Morgan fingerprint density at radius 1 is 0.452 bits per heavy atom. The smallest absolute Gasteiger partial charge is 0.497 e. The van der Waals surface area contributed by atoms with Crippen LogP contribution in [0.25, 0.3) is 0 Å². The van der Waals surface area contributed by atoms with E-state index in [9.17, 15) is 9.59 Å². The van der Waals surface area contributed by atoms with E-state index in [2.05, 4.69) is 124 Å². The molecule has 0 fully saturated rings. The summed E-state index contributed by atoms with van der Waals surface area (Å²) in [6, 6.07) is 53.2. The molecule has 7 aromatic rings. The maximum absolute atomic E-state index is 13.2. The Bertz CT molecular complexity index is 2640. The van der Waals surface area contributed by atoms with Crippen LogP contribution in [0.2, 0.25) is 0 Å². The number of carbonyl (C=O) groups excluding carboxylic acids is 2. The first kappa shape index (κ1) is 43.0. The summed E-state index contributed by atoms with van der Waals surface area (Å²) in [5.41, 5.74) is 11.6. The molecule has 0 heterocycles. The van der Waals surface area contributed by atoms with Crippen molar-refractivity contribution in [3.05, 3.63) is 208 Å². The minimum atomic E-state index is -0.829. The van der Waals surface area contributed by atoms with Gasteiger partial charge in [-0.3, -0.25) is 4.79 Å². The minimum absolute atomic E-state index is 0.354. The first-order valence-corrected chi connectivity index (χ1v) is 20.7. The van der Waals surface area contributed by atoms with E-state index in [0.29, 0.717) is 17.2 Å². The van der Waals surface area contributed by atoms with Gasteiger partial charge in [-0.25, -0.2) is 4.79 Å². The molecule has 7 aromatic carbocycles. The zero-order valence-electron chi connectivity index (χ0n) is 36.9. The van der Waals surface area contributed by atoms with E-state index in [4.69, 9.17) is 18.9 Å². The van der Waals surface area contributed by atoms with E-state index in [1.807, 2.05) is 68.4 Å². The van der Waals surface area contributed by atoms with E-state index in [-0.39, 0.29) is 11.4 Å². The predicted octanol–water partition coefficient (Wildman–Crippen LogP) is 13.6. The second kappa shape index (κ2) is 17.8. The number of methoxy groups -OCH3 is 1. The monoisotopic (exact) mass is 823 g/mol. The summed E-state index contributed by atoms with van der Waals surface area (Å²) in [5.74, 6) is 1.73. The Kier molecular flexibility index (Phi) is 12.4. The molecule has 7 nitrogen and oxygen atoms in total. The number of hydrogen-bond donors (Lipinski definition) is 0. The Morgan fingerprint density at radius 2 is 0.823 bits per heavy atom. The Balaban J connectivity index is 1.12. The first-order valence-electron chi connectivity index (χ1n) is 20.7. The number of esters is 1. The van der Waals surface area contributed by atoms with Crippen molar-refractivity contribution in [2.24, 2.45) is 0 Å². The van der Waals surface area contributed by atoms with Gasteiger partial charge in [-0.05, 0) is 146 Å². The third kappa shape index (κ3) is 9.13. The molecule has 0 amide bonds. The Hall–Kier alpha value is -7.12. The van der Waals surface area contributed by atoms with E-state index < -0.39 is 11.6 Å². The number of anilines is 3. The maximum Gasteiger partial charge on any atom is 0.519 e. The SMILES string of the molecule is COc1ccc(C(C)(c2ccc(OC(=O)Oc3ccc(C(C)(C)c4ccc(OC(C)=O)c(C)c4)cc3C)cc2)c2ccc(N(c3ccc(C)cc3)c3ccc(C)cc3)cc2)cc1. The first-order chi connectivity index (χ1) is 29.6. The van der Waals surface area contributed by atoms with Crippen molar-refractivity contribution in [2.45, 2.75) is 66.2 Å². The van der Waals surface area contributed by atoms with Crippen LogP contribution in [0.15, 0.2) is 158 Å². The summed E-state index contributed by atoms with van der Waals surface area (Å²) in [7, 11) is 1.67. The molecule has 62 heavy (non-hydrogen) atoms. The van der Waals surface area contributed by atoms with Crippen LogP contribution in [-0.4, -0.2) is 19.2 Å². The maximum atomic E-state index is 13.2. The van der Waals surface area contributed by atoms with Gasteiger partial charge in [0, 0.05) is 34.8 Å². The van der Waals surface area contributed by atoms with Crippen molar-refractivity contribution < 1.29 is 28.5 Å². The number of benzene rings is 7. The molecule has 0 aromatic heterocycles. The molecule has 0 spiro atoms. The van der Waals surface area contributed by atoms with Gasteiger partial charge in [-0.2, -0.15) is 0 Å². The molecule has 0 saturated carbocycles. The van der Waals surface area contributed by atoms with E-state index in [1.54, 1.807) is 25.3 Å². The highest BCUT2D eigenvalue weighted by atomic mass is 16.7. The van der Waals surface area contributed by atoms with E-state index in [0.717, 1.165) is 61.8 Å². The molecule has 7 rings (SSSR count). The fourth-order valence-electron chi connectivity index (χ4n) is 7.89. The van der Waals surface area contributed by atoms with E-state index >= 15 is 0 Å². The zero-order valence-corrected chi connectivity index (χ0v) is 36.9. The number of rotatable bonds is 12. The van der Waals surface area contributed by atoms with Crippen LogP contribution in [0.4, 0.5) is 21.9 Å². The second-order valence-corrected chi connectivity index (χ2v) is 16.6. The number of nitrogens with zero attached hydrogens (tertiary/aromatic N) is 1. The van der Waals surface area contributed by atoms with Gasteiger partial charge in [-0.1, -0.05) is 110 Å². The van der Waals surface area contributed by atoms with Gasteiger partial charge in [0.1, 0.15) is 23.0 Å². The van der Waals surface area contributed by atoms with Gasteiger partial charge in [0.2, 0.25) is 0 Å². The average Bonchev–Trinajstić information content (AvgIpc) is 3.26. The molecule has 0 saturated heterocycles. The normalized spacial score (nSPS) is 12.2. The van der Waals surface area contributed by atoms with Crippen LogP contribution in [0.5, 0.6) is 23.0 Å². The molecule has 0 bridgehead atoms. The largest absolute Gasteiger partial charge is 0.519 e. The van der Waals surface area contributed by atoms with Crippen LogP contribution in [0.3, 0.4) is 0 Å². The summed E-state index contributed by atoms with van der Waals surface area (Å²) in [6.45, 7) is 15.9. The summed E-state index contributed by atoms with van der Waals surface area (Å²) >= 11 is 0. The van der Waals surface area contributed by atoms with Crippen LogP contribution in [0.1, 0.15) is 77.8 Å². The fraction of sp³-hybridized carbons (Fsp3) is 0.200. The molecule has 1 unspecified atom stereocenters. The van der Waals surface area contributed by atoms with Gasteiger partial charge in [0.25, 0.3) is 0 Å². The fourth-order valence-corrected chi connectivity index (χ4v) is 7.89. The summed E-state index contributed by atoms with van der Waals surface area (Å²) in [6.07, 6.45) is -0.829. The topological polar surface area (TPSA) is 74.3 Å². The van der Waals surface area contributed by atoms with Crippen LogP contribution < -0.4 is 23.8 Å². The van der Waals surface area contributed by atoms with Crippen molar-refractivity contribution in [2.75, 3.05) is 12.0 Å². The number of ether oxygens (including phenoxy) is 4. The van der Waals surface area contributed by atoms with Crippen molar-refractivity contribution in [3.63, 3.8) is 0 Å². The van der Waals surface area contributed by atoms with Gasteiger partial charge >= 0.3 is 12.1 Å². The highest BCUT2D eigenvalue weighted by Gasteiger charge is 2.32. The number of aryl methyl sites for hydroxylation is 4.